The number of nitrogens with two attached hydrogens (primary N) is 1. The fourth-order valence-corrected chi connectivity index (χ4v) is 3.77. The van der Waals surface area contributed by atoms with Crippen molar-refractivity contribution in [1.29, 1.82) is 0 Å². The molecule has 1 aromatic rings. The number of carbonyl (C=O) groups is 1. The Morgan fingerprint density at radius 1 is 1.00 bits per heavy atom. The molecule has 1 amide bonds. The van der Waals surface area contributed by atoms with Crippen molar-refractivity contribution in [3.8, 4) is 0 Å². The van der Waals surface area contributed by atoms with E-state index in [9.17, 15) is 4.79 Å². The normalized spacial score (nSPS) is 24.0. The molecule has 1 aromatic carbocycles. The first-order chi connectivity index (χ1) is 10.3. The number of fused-ring (bicyclic) bond motifs is 1. The van der Waals surface area contributed by atoms with Crippen LogP contribution in [-0.4, -0.2) is 12.5 Å². The highest BCUT2D eigenvalue weighted by atomic mass is 16.2. The van der Waals surface area contributed by atoms with Gasteiger partial charge in [0, 0.05) is 24.2 Å². The first-order valence-corrected chi connectivity index (χ1v) is 8.43. The average molecular weight is 286 g/mol. The molecule has 3 heteroatoms. The molecule has 1 unspecified atom stereocenters. The zero-order chi connectivity index (χ0) is 14.7. The van der Waals surface area contributed by atoms with E-state index in [-0.39, 0.29) is 12.0 Å². The SMILES string of the molecule is NC1CCCN(C(=O)C2CCCCCC2)c2ccccc21. The van der Waals surface area contributed by atoms with E-state index in [0.29, 0.717) is 5.91 Å². The van der Waals surface area contributed by atoms with Crippen LogP contribution in [0.25, 0.3) is 0 Å². The number of para-hydroxylation sites is 1. The first kappa shape index (κ1) is 14.6. The number of hydrogen-bond acceptors (Lipinski definition) is 2. The monoisotopic (exact) mass is 286 g/mol. The summed E-state index contributed by atoms with van der Waals surface area (Å²) in [5.41, 5.74) is 8.46. The lowest BCUT2D eigenvalue weighted by atomic mass is 9.97. The van der Waals surface area contributed by atoms with Gasteiger partial charge in [-0.05, 0) is 37.3 Å². The molecule has 21 heavy (non-hydrogen) atoms. The van der Waals surface area contributed by atoms with Crippen LogP contribution in [-0.2, 0) is 4.79 Å². The zero-order valence-electron chi connectivity index (χ0n) is 12.8. The molecule has 2 aliphatic rings. The zero-order valence-corrected chi connectivity index (χ0v) is 12.8. The van der Waals surface area contributed by atoms with Gasteiger partial charge in [0.2, 0.25) is 5.91 Å². The first-order valence-electron chi connectivity index (χ1n) is 8.43. The van der Waals surface area contributed by atoms with Crippen LogP contribution in [0.3, 0.4) is 0 Å². The van der Waals surface area contributed by atoms with Crippen LogP contribution in [0, 0.1) is 5.92 Å². The number of rotatable bonds is 1. The minimum atomic E-state index is 0.0631. The number of carbonyl (C=O) groups excluding carboxylic acids is 1. The summed E-state index contributed by atoms with van der Waals surface area (Å²) in [7, 11) is 0. The number of hydrogen-bond donors (Lipinski definition) is 1. The van der Waals surface area contributed by atoms with Crippen LogP contribution >= 0.6 is 0 Å². The van der Waals surface area contributed by atoms with Crippen LogP contribution in [0.15, 0.2) is 24.3 Å². The Balaban J connectivity index is 1.86. The summed E-state index contributed by atoms with van der Waals surface area (Å²) in [6.45, 7) is 0.819. The molecule has 0 aromatic heterocycles. The van der Waals surface area contributed by atoms with Crippen molar-refractivity contribution >= 4 is 11.6 Å². The van der Waals surface area contributed by atoms with Crippen molar-refractivity contribution in [2.75, 3.05) is 11.4 Å². The van der Waals surface area contributed by atoms with Crippen molar-refractivity contribution in [1.82, 2.24) is 0 Å². The van der Waals surface area contributed by atoms with Gasteiger partial charge < -0.3 is 10.6 Å². The highest BCUT2D eigenvalue weighted by Gasteiger charge is 2.29. The summed E-state index contributed by atoms with van der Waals surface area (Å²) in [6, 6.07) is 8.25. The molecule has 1 fully saturated rings. The predicted molar refractivity (Wildman–Crippen MR) is 86.1 cm³/mol. The van der Waals surface area contributed by atoms with E-state index >= 15 is 0 Å². The molecule has 3 rings (SSSR count). The maximum atomic E-state index is 13.0. The second kappa shape index (κ2) is 6.61. The van der Waals surface area contributed by atoms with Crippen LogP contribution in [0.5, 0.6) is 0 Å². The van der Waals surface area contributed by atoms with Crippen molar-refractivity contribution in [2.45, 2.75) is 57.4 Å². The van der Waals surface area contributed by atoms with Gasteiger partial charge in [-0.1, -0.05) is 43.9 Å². The Morgan fingerprint density at radius 2 is 1.71 bits per heavy atom. The van der Waals surface area contributed by atoms with E-state index in [1.807, 2.05) is 17.0 Å². The van der Waals surface area contributed by atoms with Gasteiger partial charge in [-0.15, -0.1) is 0 Å². The van der Waals surface area contributed by atoms with Gasteiger partial charge in [-0.3, -0.25) is 4.79 Å². The summed E-state index contributed by atoms with van der Waals surface area (Å²) in [5, 5.41) is 0. The molecule has 0 bridgehead atoms. The maximum Gasteiger partial charge on any atom is 0.230 e. The Bertz CT molecular complexity index is 492. The Labute approximate surface area is 127 Å². The second-order valence-corrected chi connectivity index (χ2v) is 6.49. The number of anilines is 1. The predicted octanol–water partition coefficient (Wildman–Crippen LogP) is 3.78. The minimum Gasteiger partial charge on any atom is -0.324 e. The lowest BCUT2D eigenvalue weighted by molar-refractivity contribution is -0.122. The van der Waals surface area contributed by atoms with Crippen LogP contribution < -0.4 is 10.6 Å². The van der Waals surface area contributed by atoms with Gasteiger partial charge in [0.25, 0.3) is 0 Å². The molecule has 3 nitrogen and oxygen atoms in total. The third kappa shape index (κ3) is 3.13. The van der Waals surface area contributed by atoms with E-state index in [1.165, 1.54) is 25.7 Å². The number of amides is 1. The van der Waals surface area contributed by atoms with Gasteiger partial charge in [-0.2, -0.15) is 0 Å². The highest BCUT2D eigenvalue weighted by molar-refractivity contribution is 5.96. The van der Waals surface area contributed by atoms with Crippen molar-refractivity contribution in [2.24, 2.45) is 11.7 Å². The molecule has 1 aliphatic heterocycles. The second-order valence-electron chi connectivity index (χ2n) is 6.49. The average Bonchev–Trinajstić information content (AvgIpc) is 2.87. The lowest BCUT2D eigenvalue weighted by Crippen LogP contribution is -2.37. The highest BCUT2D eigenvalue weighted by Crippen LogP contribution is 2.34. The Hall–Kier alpha value is -1.35. The van der Waals surface area contributed by atoms with Gasteiger partial charge >= 0.3 is 0 Å². The summed E-state index contributed by atoms with van der Waals surface area (Å²) in [6.07, 6.45) is 9.04. The van der Waals surface area contributed by atoms with E-state index in [1.54, 1.807) is 0 Å². The third-order valence-corrected chi connectivity index (χ3v) is 4.99. The van der Waals surface area contributed by atoms with Crippen molar-refractivity contribution in [3.05, 3.63) is 29.8 Å². The fourth-order valence-electron chi connectivity index (χ4n) is 3.77. The minimum absolute atomic E-state index is 0.0631. The van der Waals surface area contributed by atoms with Gasteiger partial charge in [0.05, 0.1) is 0 Å². The molecule has 0 radical (unpaired) electrons. The van der Waals surface area contributed by atoms with E-state index in [2.05, 4.69) is 12.1 Å². The quantitative estimate of drug-likeness (QED) is 0.798. The smallest absolute Gasteiger partial charge is 0.230 e. The lowest BCUT2D eigenvalue weighted by Gasteiger charge is -2.27. The third-order valence-electron chi connectivity index (χ3n) is 4.99. The Kier molecular flexibility index (Phi) is 4.59. The molecule has 1 heterocycles. The molecule has 1 atom stereocenters. The topological polar surface area (TPSA) is 46.3 Å². The molecular formula is C18H26N2O. The molecule has 2 N–H and O–H groups in total. The van der Waals surface area contributed by atoms with E-state index in [4.69, 9.17) is 5.73 Å². The van der Waals surface area contributed by atoms with Gasteiger partial charge in [0.15, 0.2) is 0 Å². The van der Waals surface area contributed by atoms with Gasteiger partial charge in [-0.25, -0.2) is 0 Å². The van der Waals surface area contributed by atoms with Crippen LogP contribution in [0.4, 0.5) is 5.69 Å². The summed E-state index contributed by atoms with van der Waals surface area (Å²) in [5.74, 6) is 0.549. The van der Waals surface area contributed by atoms with Crippen LogP contribution in [0.2, 0.25) is 0 Å². The standard InChI is InChI=1S/C18H26N2O/c19-16-11-7-13-20(17-12-6-5-10-15(16)17)18(21)14-8-3-1-2-4-9-14/h5-6,10,12,14,16H,1-4,7-9,11,13,19H2. The largest absolute Gasteiger partial charge is 0.324 e. The van der Waals surface area contributed by atoms with E-state index in [0.717, 1.165) is 43.5 Å². The maximum absolute atomic E-state index is 13.0. The van der Waals surface area contributed by atoms with Crippen molar-refractivity contribution < 1.29 is 4.79 Å². The summed E-state index contributed by atoms with van der Waals surface area (Å²) >= 11 is 0. The summed E-state index contributed by atoms with van der Waals surface area (Å²) in [4.78, 5) is 15.0. The summed E-state index contributed by atoms with van der Waals surface area (Å²) < 4.78 is 0. The van der Waals surface area contributed by atoms with Gasteiger partial charge in [0.1, 0.15) is 0 Å². The number of benzene rings is 1. The molecule has 1 saturated carbocycles. The molecule has 0 saturated heterocycles. The van der Waals surface area contributed by atoms with E-state index < -0.39 is 0 Å². The fraction of sp³-hybridized carbons (Fsp3) is 0.611. The number of nitrogens with zero attached hydrogens (tertiary/aromatic N) is 1. The van der Waals surface area contributed by atoms with Crippen molar-refractivity contribution in [3.63, 3.8) is 0 Å². The van der Waals surface area contributed by atoms with Crippen LogP contribution in [0.1, 0.15) is 63.0 Å². The molecular weight excluding hydrogens is 260 g/mol. The molecule has 1 aliphatic carbocycles. The molecule has 114 valence electrons. The Morgan fingerprint density at radius 3 is 2.48 bits per heavy atom. The molecule has 0 spiro atoms.